The van der Waals surface area contributed by atoms with Crippen LogP contribution in [0.15, 0.2) is 18.5 Å². The molecule has 108 valence electrons. The lowest BCUT2D eigenvalue weighted by Gasteiger charge is -2.26. The predicted octanol–water partition coefficient (Wildman–Crippen LogP) is 0.889. The van der Waals surface area contributed by atoms with Crippen molar-refractivity contribution in [2.75, 3.05) is 26.8 Å². The second-order valence-corrected chi connectivity index (χ2v) is 4.51. The Balaban J connectivity index is 3.05. The molecule has 0 aliphatic carbocycles. The van der Waals surface area contributed by atoms with E-state index >= 15 is 0 Å². The third-order valence-electron chi connectivity index (χ3n) is 2.80. The van der Waals surface area contributed by atoms with Crippen LogP contribution in [0.1, 0.15) is 29.8 Å². The average molecular weight is 275 g/mol. The molecule has 0 unspecified atom stereocenters. The zero-order valence-corrected chi connectivity index (χ0v) is 12.2. The topological polar surface area (TPSA) is 68.5 Å². The molecule has 1 aromatic heterocycles. The molecule has 1 aromatic rings. The highest BCUT2D eigenvalue weighted by atomic mass is 16.5. The summed E-state index contributed by atoms with van der Waals surface area (Å²) in [7, 11) is 1.62. The number of methoxy groups -OCH3 is 1. The number of nitrogens with two attached hydrogens (primary N) is 1. The van der Waals surface area contributed by atoms with Gasteiger partial charge in [0.2, 0.25) is 0 Å². The minimum Gasteiger partial charge on any atom is -0.383 e. The molecule has 0 fully saturated rings. The zero-order chi connectivity index (χ0) is 15.0. The maximum atomic E-state index is 12.6. The lowest BCUT2D eigenvalue weighted by Crippen LogP contribution is -2.39. The van der Waals surface area contributed by atoms with Crippen molar-refractivity contribution < 1.29 is 9.53 Å². The summed E-state index contributed by atoms with van der Waals surface area (Å²) in [6, 6.07) is 1.77. The van der Waals surface area contributed by atoms with Crippen molar-refractivity contribution >= 4 is 5.91 Å². The number of carbonyl (C=O) groups excluding carboxylic acids is 1. The van der Waals surface area contributed by atoms with E-state index in [1.807, 2.05) is 13.8 Å². The summed E-state index contributed by atoms with van der Waals surface area (Å²) in [4.78, 5) is 18.4. The minimum atomic E-state index is -0.0687. The van der Waals surface area contributed by atoms with Gasteiger partial charge in [0.25, 0.3) is 5.91 Å². The first-order valence-corrected chi connectivity index (χ1v) is 6.54. The van der Waals surface area contributed by atoms with Crippen LogP contribution >= 0.6 is 0 Å². The molecule has 0 saturated heterocycles. The second-order valence-electron chi connectivity index (χ2n) is 4.51. The maximum absolute atomic E-state index is 12.6. The Kier molecular flexibility index (Phi) is 6.71. The normalized spacial score (nSPS) is 10.1. The quantitative estimate of drug-likeness (QED) is 0.810. The highest BCUT2D eigenvalue weighted by molar-refractivity contribution is 5.96. The Morgan fingerprint density at radius 3 is 2.90 bits per heavy atom. The molecule has 0 radical (unpaired) electrons. The molecule has 1 rings (SSSR count). The van der Waals surface area contributed by atoms with E-state index in [-0.39, 0.29) is 18.5 Å². The first kappa shape index (κ1) is 16.2. The van der Waals surface area contributed by atoms with Crippen molar-refractivity contribution in [1.29, 1.82) is 0 Å². The number of carbonyl (C=O) groups is 1. The summed E-state index contributed by atoms with van der Waals surface area (Å²) >= 11 is 0. The fourth-order valence-electron chi connectivity index (χ4n) is 1.77. The average Bonchev–Trinajstić information content (AvgIpc) is 2.45. The predicted molar refractivity (Wildman–Crippen MR) is 78.2 cm³/mol. The van der Waals surface area contributed by atoms with Gasteiger partial charge >= 0.3 is 0 Å². The molecule has 0 spiro atoms. The molecular weight excluding hydrogens is 254 g/mol. The van der Waals surface area contributed by atoms with Gasteiger partial charge in [-0.1, -0.05) is 11.8 Å². The van der Waals surface area contributed by atoms with Gasteiger partial charge in [-0.2, -0.15) is 0 Å². The summed E-state index contributed by atoms with van der Waals surface area (Å²) in [6.07, 6.45) is 3.18. The molecule has 0 aliphatic rings. The standard InChI is InChI=1S/C15H21N3O2/c1-12(2)18(9-10-20-3)15(19)14-6-8-17-11-13(14)5-4-7-16/h6,8,11-12H,7,9-10,16H2,1-3H3. The van der Waals surface area contributed by atoms with E-state index in [1.165, 1.54) is 0 Å². The Bertz CT molecular complexity index is 503. The van der Waals surface area contributed by atoms with Crippen molar-refractivity contribution in [3.05, 3.63) is 29.6 Å². The fourth-order valence-corrected chi connectivity index (χ4v) is 1.77. The Morgan fingerprint density at radius 1 is 1.55 bits per heavy atom. The van der Waals surface area contributed by atoms with Crippen LogP contribution in [0.4, 0.5) is 0 Å². The van der Waals surface area contributed by atoms with E-state index in [2.05, 4.69) is 16.8 Å². The first-order chi connectivity index (χ1) is 9.61. The lowest BCUT2D eigenvalue weighted by atomic mass is 10.1. The number of pyridine rings is 1. The van der Waals surface area contributed by atoms with E-state index in [0.29, 0.717) is 24.3 Å². The molecule has 0 bridgehead atoms. The van der Waals surface area contributed by atoms with Crippen molar-refractivity contribution in [3.8, 4) is 11.8 Å². The number of ether oxygens (including phenoxy) is 1. The third-order valence-corrected chi connectivity index (χ3v) is 2.80. The Hall–Kier alpha value is -1.90. The summed E-state index contributed by atoms with van der Waals surface area (Å²) in [5.41, 5.74) is 6.52. The molecule has 0 atom stereocenters. The van der Waals surface area contributed by atoms with Crippen LogP contribution in [0.2, 0.25) is 0 Å². The van der Waals surface area contributed by atoms with Crippen LogP contribution in [-0.4, -0.2) is 48.6 Å². The van der Waals surface area contributed by atoms with Crippen molar-refractivity contribution in [2.45, 2.75) is 19.9 Å². The molecular formula is C15H21N3O2. The number of hydrogen-bond donors (Lipinski definition) is 1. The van der Waals surface area contributed by atoms with Gasteiger partial charge in [-0.3, -0.25) is 9.78 Å². The lowest BCUT2D eigenvalue weighted by molar-refractivity contribution is 0.0634. The maximum Gasteiger partial charge on any atom is 0.255 e. The van der Waals surface area contributed by atoms with Gasteiger partial charge in [-0.25, -0.2) is 0 Å². The van der Waals surface area contributed by atoms with E-state index in [1.54, 1.807) is 30.5 Å². The van der Waals surface area contributed by atoms with Crippen LogP contribution in [-0.2, 0) is 4.74 Å². The van der Waals surface area contributed by atoms with Crippen molar-refractivity contribution in [3.63, 3.8) is 0 Å². The van der Waals surface area contributed by atoms with E-state index < -0.39 is 0 Å². The van der Waals surface area contributed by atoms with E-state index in [0.717, 1.165) is 0 Å². The summed E-state index contributed by atoms with van der Waals surface area (Å²) in [6.45, 7) is 5.23. The number of aromatic nitrogens is 1. The molecule has 1 amide bonds. The second kappa shape index (κ2) is 8.31. The van der Waals surface area contributed by atoms with Crippen molar-refractivity contribution in [1.82, 2.24) is 9.88 Å². The number of hydrogen-bond acceptors (Lipinski definition) is 4. The van der Waals surface area contributed by atoms with Crippen LogP contribution in [0.25, 0.3) is 0 Å². The summed E-state index contributed by atoms with van der Waals surface area (Å²) < 4.78 is 5.05. The molecule has 0 aromatic carbocycles. The molecule has 5 nitrogen and oxygen atoms in total. The number of rotatable bonds is 5. The minimum absolute atomic E-state index is 0.0687. The molecule has 0 aliphatic heterocycles. The number of amides is 1. The van der Waals surface area contributed by atoms with Gasteiger partial charge in [0.1, 0.15) is 0 Å². The largest absolute Gasteiger partial charge is 0.383 e. The van der Waals surface area contributed by atoms with Gasteiger partial charge in [-0.05, 0) is 19.9 Å². The van der Waals surface area contributed by atoms with Gasteiger partial charge in [0.15, 0.2) is 0 Å². The molecule has 0 saturated carbocycles. The Morgan fingerprint density at radius 2 is 2.30 bits per heavy atom. The number of nitrogens with zero attached hydrogens (tertiary/aromatic N) is 2. The first-order valence-electron chi connectivity index (χ1n) is 6.54. The SMILES string of the molecule is COCCN(C(=O)c1ccncc1C#CCN)C(C)C. The van der Waals surface area contributed by atoms with Crippen LogP contribution in [0.5, 0.6) is 0 Å². The van der Waals surface area contributed by atoms with Gasteiger partial charge < -0.3 is 15.4 Å². The molecule has 20 heavy (non-hydrogen) atoms. The third kappa shape index (κ3) is 4.34. The highest BCUT2D eigenvalue weighted by Gasteiger charge is 2.20. The molecule has 1 heterocycles. The van der Waals surface area contributed by atoms with Crippen LogP contribution < -0.4 is 5.73 Å². The molecule has 2 N–H and O–H groups in total. The summed E-state index contributed by atoms with van der Waals surface area (Å²) in [5, 5.41) is 0. The van der Waals surface area contributed by atoms with E-state index in [9.17, 15) is 4.79 Å². The van der Waals surface area contributed by atoms with Crippen LogP contribution in [0, 0.1) is 11.8 Å². The highest BCUT2D eigenvalue weighted by Crippen LogP contribution is 2.12. The van der Waals surface area contributed by atoms with Gasteiger partial charge in [-0.15, -0.1) is 0 Å². The van der Waals surface area contributed by atoms with E-state index in [4.69, 9.17) is 10.5 Å². The van der Waals surface area contributed by atoms with Gasteiger partial charge in [0, 0.05) is 32.1 Å². The smallest absolute Gasteiger partial charge is 0.255 e. The van der Waals surface area contributed by atoms with Crippen molar-refractivity contribution in [2.24, 2.45) is 5.73 Å². The fraction of sp³-hybridized carbons (Fsp3) is 0.467. The zero-order valence-electron chi connectivity index (χ0n) is 12.2. The van der Waals surface area contributed by atoms with Gasteiger partial charge in [0.05, 0.1) is 24.3 Å². The monoisotopic (exact) mass is 275 g/mol. The Labute approximate surface area is 120 Å². The molecule has 5 heteroatoms. The van der Waals surface area contributed by atoms with Crippen LogP contribution in [0.3, 0.4) is 0 Å². The summed E-state index contributed by atoms with van der Waals surface area (Å²) in [5.74, 6) is 5.57.